The van der Waals surface area contributed by atoms with Crippen LogP contribution in [0.4, 0.5) is 0 Å². The van der Waals surface area contributed by atoms with Gasteiger partial charge >= 0.3 is 0 Å². The van der Waals surface area contributed by atoms with Crippen molar-refractivity contribution in [2.75, 3.05) is 6.54 Å². The fourth-order valence-corrected chi connectivity index (χ4v) is 3.81. The summed E-state index contributed by atoms with van der Waals surface area (Å²) in [7, 11) is 0. The first kappa shape index (κ1) is 18.3. The van der Waals surface area contributed by atoms with Crippen molar-refractivity contribution in [2.45, 2.75) is 45.2 Å². The second-order valence-corrected chi connectivity index (χ2v) is 7.37. The number of aryl methyl sites for hydroxylation is 1. The molecule has 144 valence electrons. The molecule has 0 unspecified atom stereocenters. The van der Waals surface area contributed by atoms with Gasteiger partial charge in [-0.05, 0) is 37.8 Å². The summed E-state index contributed by atoms with van der Waals surface area (Å²) in [5.74, 6) is 1.95. The molecule has 28 heavy (non-hydrogen) atoms. The van der Waals surface area contributed by atoms with Gasteiger partial charge in [-0.2, -0.15) is 0 Å². The summed E-state index contributed by atoms with van der Waals surface area (Å²) in [6.07, 6.45) is 7.10. The van der Waals surface area contributed by atoms with Crippen LogP contribution in [0.3, 0.4) is 0 Å². The molecule has 0 bridgehead atoms. The molecule has 0 N–H and O–H groups in total. The normalized spacial score (nSPS) is 16.0. The summed E-state index contributed by atoms with van der Waals surface area (Å²) < 4.78 is 2.17. The van der Waals surface area contributed by atoms with E-state index in [9.17, 15) is 4.79 Å². The smallest absolute Gasteiger partial charge is 0.223 e. The van der Waals surface area contributed by atoms with Crippen LogP contribution in [0.5, 0.6) is 0 Å². The van der Waals surface area contributed by atoms with E-state index >= 15 is 0 Å². The van der Waals surface area contributed by atoms with Crippen molar-refractivity contribution in [1.82, 2.24) is 24.6 Å². The Morgan fingerprint density at radius 1 is 1.11 bits per heavy atom. The van der Waals surface area contributed by atoms with Gasteiger partial charge in [-0.15, -0.1) is 10.2 Å². The summed E-state index contributed by atoms with van der Waals surface area (Å²) in [6, 6.07) is 14.3. The molecule has 1 amide bonds. The Bertz CT molecular complexity index is 923. The van der Waals surface area contributed by atoms with E-state index in [1.807, 2.05) is 47.5 Å². The quantitative estimate of drug-likeness (QED) is 0.617. The number of unbranched alkanes of at least 4 members (excludes halogenated alkanes) is 1. The fraction of sp³-hybridized carbons (Fsp3) is 0.364. The molecule has 2 aromatic heterocycles. The number of benzene rings is 1. The molecule has 0 saturated carbocycles. The second kappa shape index (κ2) is 8.33. The van der Waals surface area contributed by atoms with E-state index in [0.717, 1.165) is 36.5 Å². The third kappa shape index (κ3) is 3.96. The summed E-state index contributed by atoms with van der Waals surface area (Å²) in [5.41, 5.74) is 2.28. The van der Waals surface area contributed by atoms with Crippen LogP contribution in [-0.4, -0.2) is 37.1 Å². The average Bonchev–Trinajstić information content (AvgIpc) is 3.17. The van der Waals surface area contributed by atoms with Crippen LogP contribution in [-0.2, 0) is 17.8 Å². The number of hydrogen-bond donors (Lipinski definition) is 0. The lowest BCUT2D eigenvalue weighted by Gasteiger charge is -2.32. The van der Waals surface area contributed by atoms with Crippen LogP contribution >= 0.6 is 0 Å². The van der Waals surface area contributed by atoms with E-state index in [1.165, 1.54) is 5.56 Å². The third-order valence-electron chi connectivity index (χ3n) is 5.24. The number of rotatable bonds is 6. The van der Waals surface area contributed by atoms with Crippen molar-refractivity contribution in [2.24, 2.45) is 0 Å². The van der Waals surface area contributed by atoms with Crippen molar-refractivity contribution in [3.05, 3.63) is 66.2 Å². The van der Waals surface area contributed by atoms with Crippen LogP contribution in [0.15, 0.2) is 54.9 Å². The predicted molar refractivity (Wildman–Crippen MR) is 107 cm³/mol. The van der Waals surface area contributed by atoms with Crippen LogP contribution < -0.4 is 0 Å². The minimum absolute atomic E-state index is 0.160. The number of aromatic nitrogens is 4. The van der Waals surface area contributed by atoms with E-state index in [2.05, 4.69) is 32.7 Å². The molecule has 1 aliphatic rings. The molecule has 3 heterocycles. The molecule has 0 radical (unpaired) electrons. The van der Waals surface area contributed by atoms with Crippen LogP contribution in [0, 0.1) is 0 Å². The first-order valence-electron chi connectivity index (χ1n) is 9.88. The minimum atomic E-state index is 0.160. The number of amides is 1. The Morgan fingerprint density at radius 3 is 2.75 bits per heavy atom. The van der Waals surface area contributed by atoms with Gasteiger partial charge in [-0.1, -0.05) is 36.4 Å². The topological polar surface area (TPSA) is 63.9 Å². The molecule has 3 aromatic rings. The Hall–Kier alpha value is -3.02. The third-order valence-corrected chi connectivity index (χ3v) is 5.24. The van der Waals surface area contributed by atoms with Crippen LogP contribution in [0.25, 0.3) is 11.4 Å². The minimum Gasteiger partial charge on any atom is -0.333 e. The van der Waals surface area contributed by atoms with Crippen molar-refractivity contribution < 1.29 is 4.79 Å². The Kier molecular flexibility index (Phi) is 5.46. The number of hydrogen-bond acceptors (Lipinski definition) is 4. The SMILES string of the molecule is C[C@H]1CN(C(=O)CCCCc2cccnc2)Cc2nnc(-c3ccccc3)n21. The molecular formula is C22H25N5O. The zero-order chi connectivity index (χ0) is 19.3. The largest absolute Gasteiger partial charge is 0.333 e. The molecule has 0 spiro atoms. The van der Waals surface area contributed by atoms with E-state index in [4.69, 9.17) is 0 Å². The molecule has 1 atom stereocenters. The molecular weight excluding hydrogens is 350 g/mol. The monoisotopic (exact) mass is 375 g/mol. The first-order chi connectivity index (χ1) is 13.7. The molecule has 6 heteroatoms. The summed E-state index contributed by atoms with van der Waals surface area (Å²) >= 11 is 0. The van der Waals surface area contributed by atoms with Crippen molar-refractivity contribution in [1.29, 1.82) is 0 Å². The number of carbonyl (C=O) groups is 1. The Morgan fingerprint density at radius 2 is 1.96 bits per heavy atom. The van der Waals surface area contributed by atoms with E-state index in [-0.39, 0.29) is 11.9 Å². The summed E-state index contributed by atoms with van der Waals surface area (Å²) in [6.45, 7) is 3.36. The predicted octanol–water partition coefficient (Wildman–Crippen LogP) is 3.66. The highest BCUT2D eigenvalue weighted by molar-refractivity contribution is 5.76. The van der Waals surface area contributed by atoms with E-state index in [0.29, 0.717) is 19.5 Å². The maximum Gasteiger partial charge on any atom is 0.223 e. The lowest BCUT2D eigenvalue weighted by molar-refractivity contribution is -0.133. The highest BCUT2D eigenvalue weighted by Crippen LogP contribution is 2.27. The highest BCUT2D eigenvalue weighted by atomic mass is 16.2. The van der Waals surface area contributed by atoms with Gasteiger partial charge in [0.05, 0.1) is 12.6 Å². The van der Waals surface area contributed by atoms with E-state index < -0.39 is 0 Å². The van der Waals surface area contributed by atoms with Crippen molar-refractivity contribution in [3.63, 3.8) is 0 Å². The number of fused-ring (bicyclic) bond motifs is 1. The van der Waals surface area contributed by atoms with E-state index in [1.54, 1.807) is 6.20 Å². The lowest BCUT2D eigenvalue weighted by Crippen LogP contribution is -2.40. The van der Waals surface area contributed by atoms with Gasteiger partial charge in [-0.3, -0.25) is 9.78 Å². The van der Waals surface area contributed by atoms with Crippen LogP contribution in [0.2, 0.25) is 0 Å². The lowest BCUT2D eigenvalue weighted by atomic mass is 10.1. The molecule has 4 rings (SSSR count). The number of carbonyl (C=O) groups excluding carboxylic acids is 1. The first-order valence-corrected chi connectivity index (χ1v) is 9.88. The highest BCUT2D eigenvalue weighted by Gasteiger charge is 2.29. The average molecular weight is 375 g/mol. The van der Waals surface area contributed by atoms with Gasteiger partial charge in [0.2, 0.25) is 5.91 Å². The van der Waals surface area contributed by atoms with Gasteiger partial charge in [0.15, 0.2) is 11.6 Å². The molecule has 6 nitrogen and oxygen atoms in total. The molecule has 0 saturated heterocycles. The second-order valence-electron chi connectivity index (χ2n) is 7.37. The molecule has 1 aromatic carbocycles. The molecule has 1 aliphatic heterocycles. The number of pyridine rings is 1. The Balaban J connectivity index is 1.35. The Labute approximate surface area is 165 Å². The van der Waals surface area contributed by atoms with Gasteiger partial charge < -0.3 is 9.47 Å². The summed E-state index contributed by atoms with van der Waals surface area (Å²) in [5, 5.41) is 8.75. The standard InChI is InChI=1S/C22H25N5O/c1-17-15-26(21(28)12-6-5-8-18-9-7-13-23-14-18)16-20-24-25-22(27(17)20)19-10-3-2-4-11-19/h2-4,7,9-11,13-14,17H,5-6,8,12,15-16H2,1H3/t17-/m0/s1. The van der Waals surface area contributed by atoms with Gasteiger partial charge in [0.1, 0.15) is 0 Å². The number of nitrogens with zero attached hydrogens (tertiary/aromatic N) is 5. The maximum absolute atomic E-state index is 12.7. The zero-order valence-electron chi connectivity index (χ0n) is 16.2. The van der Waals surface area contributed by atoms with Gasteiger partial charge in [0, 0.05) is 30.9 Å². The zero-order valence-corrected chi connectivity index (χ0v) is 16.2. The van der Waals surface area contributed by atoms with Crippen molar-refractivity contribution in [3.8, 4) is 11.4 Å². The van der Waals surface area contributed by atoms with Crippen molar-refractivity contribution >= 4 is 5.91 Å². The fourth-order valence-electron chi connectivity index (χ4n) is 3.81. The molecule has 0 aliphatic carbocycles. The van der Waals surface area contributed by atoms with Gasteiger partial charge in [0.25, 0.3) is 0 Å². The summed E-state index contributed by atoms with van der Waals surface area (Å²) in [4.78, 5) is 18.8. The van der Waals surface area contributed by atoms with Crippen LogP contribution in [0.1, 0.15) is 43.6 Å². The maximum atomic E-state index is 12.7. The van der Waals surface area contributed by atoms with Gasteiger partial charge in [-0.25, -0.2) is 0 Å². The molecule has 0 fully saturated rings.